The molecular weight excluding hydrogens is 803 g/mol. The van der Waals surface area contributed by atoms with Gasteiger partial charge in [-0.1, -0.05) is 17.9 Å². The molecule has 1 unspecified atom stereocenters. The van der Waals surface area contributed by atoms with Crippen LogP contribution in [0.5, 0.6) is 0 Å². The first-order valence-electron chi connectivity index (χ1n) is 21.4. The van der Waals surface area contributed by atoms with Gasteiger partial charge >= 0.3 is 5.69 Å². The number of halogens is 2. The van der Waals surface area contributed by atoms with Crippen molar-refractivity contribution in [2.75, 3.05) is 75.8 Å². The first kappa shape index (κ1) is 41.4. The highest BCUT2D eigenvalue weighted by Gasteiger charge is 2.32. The van der Waals surface area contributed by atoms with Crippen molar-refractivity contribution in [3.05, 3.63) is 70.2 Å². The van der Waals surface area contributed by atoms with Crippen LogP contribution in [-0.2, 0) is 21.4 Å². The highest BCUT2D eigenvalue weighted by molar-refractivity contribution is 6.08. The van der Waals surface area contributed by atoms with E-state index in [1.165, 1.54) is 26.0 Å². The number of imide groups is 1. The molecule has 1 aromatic carbocycles. The van der Waals surface area contributed by atoms with Crippen LogP contribution >= 0.6 is 0 Å². The van der Waals surface area contributed by atoms with Crippen LogP contribution < -0.4 is 21.2 Å². The molecule has 326 valence electrons. The Hall–Kier alpha value is -5.97. The summed E-state index contributed by atoms with van der Waals surface area (Å²) < 4.78 is 40.2. The van der Waals surface area contributed by atoms with Crippen LogP contribution in [0.4, 0.5) is 20.3 Å². The molecule has 2 N–H and O–H groups in total. The summed E-state index contributed by atoms with van der Waals surface area (Å²) in [6, 6.07) is 6.56. The number of para-hydroxylation sites is 1. The third-order valence-corrected chi connectivity index (χ3v) is 12.7. The quantitative estimate of drug-likeness (QED) is 0.165. The van der Waals surface area contributed by atoms with Crippen molar-refractivity contribution in [3.8, 4) is 11.8 Å². The lowest BCUT2D eigenvalue weighted by molar-refractivity contribution is -0.135. The third kappa shape index (κ3) is 8.46. The number of amides is 3. The number of benzene rings is 1. The van der Waals surface area contributed by atoms with Crippen LogP contribution in [0.2, 0.25) is 0 Å². The normalized spacial score (nSPS) is 21.9. The number of piperidine rings is 1. The maximum Gasteiger partial charge on any atom is 0.329 e. The van der Waals surface area contributed by atoms with E-state index in [2.05, 4.69) is 47.4 Å². The number of nitrogens with one attached hydrogen (secondary N) is 2. The van der Waals surface area contributed by atoms with Gasteiger partial charge in [-0.15, -0.1) is 0 Å². The molecule has 1 aliphatic carbocycles. The van der Waals surface area contributed by atoms with Gasteiger partial charge in [0, 0.05) is 78.3 Å². The first-order valence-corrected chi connectivity index (χ1v) is 21.4. The van der Waals surface area contributed by atoms with Crippen LogP contribution in [0.1, 0.15) is 85.1 Å². The van der Waals surface area contributed by atoms with E-state index in [1.807, 2.05) is 24.3 Å². The number of rotatable bonds is 9. The maximum atomic E-state index is 14.3. The third-order valence-electron chi connectivity index (χ3n) is 12.7. The van der Waals surface area contributed by atoms with E-state index in [1.54, 1.807) is 17.9 Å². The molecule has 3 aliphatic heterocycles. The zero-order chi connectivity index (χ0) is 42.9. The lowest BCUT2D eigenvalue weighted by Crippen LogP contribution is -2.48. The van der Waals surface area contributed by atoms with Crippen LogP contribution in [0.3, 0.4) is 0 Å². The molecule has 9 rings (SSSR count). The molecule has 1 saturated carbocycles. The van der Waals surface area contributed by atoms with Crippen LogP contribution in [0.15, 0.2) is 47.7 Å². The Kier molecular flexibility index (Phi) is 11.9. The van der Waals surface area contributed by atoms with Gasteiger partial charge in [0.1, 0.15) is 17.4 Å². The standard InChI is InChI=1S/C43H50F2N12O5/c1-51-38-29(5-2-7-33(38)57(43(51)61)34-12-13-36(58)49-42(34)60)6-3-15-52-18-20-53(21-19-52)26-28-8-10-30(11-9-28)56-27-32(37(50-56)39(44)45)47-41(59)31-25-46-55-17-14-35(48-40(31)55)54-16-4-23-62-24-22-54/h2,5,7,14,17,25,27-28,30,34,39H,4,8-13,15-16,18-24,26H2,1H3,(H,47,59)(H,49,58,60)/t28-,30-,34?. The van der Waals surface area contributed by atoms with Gasteiger partial charge in [-0.2, -0.15) is 10.2 Å². The predicted molar refractivity (Wildman–Crippen MR) is 225 cm³/mol. The molecule has 17 nitrogen and oxygen atoms in total. The van der Waals surface area contributed by atoms with E-state index >= 15 is 0 Å². The average molecular weight is 853 g/mol. The highest BCUT2D eigenvalue weighted by atomic mass is 19.3. The van der Waals surface area contributed by atoms with Crippen LogP contribution in [0, 0.1) is 17.8 Å². The number of imidazole rings is 1. The van der Waals surface area contributed by atoms with E-state index in [9.17, 15) is 28.0 Å². The smallest absolute Gasteiger partial charge is 0.329 e. The zero-order valence-electron chi connectivity index (χ0n) is 34.6. The number of nitrogens with zero attached hydrogens (tertiary/aromatic N) is 10. The highest BCUT2D eigenvalue weighted by Crippen LogP contribution is 2.35. The molecule has 0 radical (unpaired) electrons. The number of hydrogen-bond acceptors (Lipinski definition) is 11. The van der Waals surface area contributed by atoms with Gasteiger partial charge in [-0.25, -0.2) is 23.1 Å². The Labute approximate surface area is 356 Å². The lowest BCUT2D eigenvalue weighted by atomic mass is 9.85. The molecule has 4 aromatic heterocycles. The second-order valence-electron chi connectivity index (χ2n) is 16.6. The summed E-state index contributed by atoms with van der Waals surface area (Å²) >= 11 is 0. The SMILES string of the molecule is Cn1c(=O)n(C2CCC(=O)NC2=O)c2cccc(C#CCN3CCN(C[C@H]4CC[C@H](n5cc(NC(=O)c6cnn7ccc(N8CCCOCC8)nc67)c(C(F)F)n5)CC4)CC3)c21. The van der Waals surface area contributed by atoms with Crippen molar-refractivity contribution in [3.63, 3.8) is 0 Å². The van der Waals surface area contributed by atoms with Gasteiger partial charge in [-0.3, -0.25) is 38.4 Å². The van der Waals surface area contributed by atoms with E-state index < -0.39 is 30.0 Å². The van der Waals surface area contributed by atoms with Gasteiger partial charge in [0.25, 0.3) is 12.3 Å². The number of fused-ring (bicyclic) bond motifs is 2. The minimum atomic E-state index is -2.87. The minimum Gasteiger partial charge on any atom is -0.380 e. The lowest BCUT2D eigenvalue weighted by Gasteiger charge is -2.37. The fraction of sp³-hybridized carbons (Fsp3) is 0.512. The molecule has 19 heteroatoms. The molecule has 1 atom stereocenters. The van der Waals surface area contributed by atoms with Crippen molar-refractivity contribution in [2.45, 2.75) is 63.5 Å². The number of carbonyl (C=O) groups is 3. The number of piperazine rings is 1. The van der Waals surface area contributed by atoms with Crippen molar-refractivity contribution < 1.29 is 27.9 Å². The van der Waals surface area contributed by atoms with E-state index in [4.69, 9.17) is 9.72 Å². The number of hydrogen-bond donors (Lipinski definition) is 2. The summed E-state index contributed by atoms with van der Waals surface area (Å²) in [5, 5.41) is 13.6. The number of ether oxygens (including phenoxy) is 1. The van der Waals surface area contributed by atoms with Gasteiger partial charge in [0.15, 0.2) is 11.3 Å². The number of aryl methyl sites for hydroxylation is 1. The summed E-state index contributed by atoms with van der Waals surface area (Å²) in [4.78, 5) is 62.7. The monoisotopic (exact) mass is 852 g/mol. The molecular formula is C43H50F2N12O5. The van der Waals surface area contributed by atoms with E-state index in [0.717, 1.165) is 71.4 Å². The average Bonchev–Trinajstić information content (AvgIpc) is 3.88. The van der Waals surface area contributed by atoms with Crippen LogP contribution in [0.25, 0.3) is 16.7 Å². The molecule has 0 spiro atoms. The summed E-state index contributed by atoms with van der Waals surface area (Å²) in [7, 11) is 1.67. The van der Waals surface area contributed by atoms with Crippen molar-refractivity contribution in [2.24, 2.45) is 13.0 Å². The molecule has 3 saturated heterocycles. The Morgan fingerprint density at radius 3 is 2.60 bits per heavy atom. The topological polar surface area (TPSA) is 169 Å². The van der Waals surface area contributed by atoms with Gasteiger partial charge < -0.3 is 19.9 Å². The van der Waals surface area contributed by atoms with Gasteiger partial charge in [-0.05, 0) is 62.6 Å². The number of aromatic nitrogens is 7. The Morgan fingerprint density at radius 2 is 1.81 bits per heavy atom. The van der Waals surface area contributed by atoms with Crippen molar-refractivity contribution in [1.82, 2.24) is 48.6 Å². The van der Waals surface area contributed by atoms with E-state index in [0.29, 0.717) is 60.3 Å². The minimum absolute atomic E-state index is 0.0126. The largest absolute Gasteiger partial charge is 0.380 e. The molecule has 5 aromatic rings. The fourth-order valence-electron chi connectivity index (χ4n) is 9.31. The maximum absolute atomic E-state index is 14.3. The molecule has 0 bridgehead atoms. The second-order valence-corrected chi connectivity index (χ2v) is 16.6. The van der Waals surface area contributed by atoms with E-state index in [-0.39, 0.29) is 41.7 Å². The second kappa shape index (κ2) is 17.8. The number of carbonyl (C=O) groups excluding carboxylic acids is 3. The van der Waals surface area contributed by atoms with Gasteiger partial charge in [0.05, 0.1) is 47.7 Å². The summed E-state index contributed by atoms with van der Waals surface area (Å²) in [5.41, 5.74) is 1.72. The molecule has 3 amide bonds. The van der Waals surface area contributed by atoms with Crippen molar-refractivity contribution in [1.29, 1.82) is 0 Å². The molecule has 4 aliphatic rings. The molecule has 62 heavy (non-hydrogen) atoms. The number of anilines is 2. The molecule has 7 heterocycles. The fourth-order valence-corrected chi connectivity index (χ4v) is 9.31. The van der Waals surface area contributed by atoms with Gasteiger partial charge in [0.2, 0.25) is 11.8 Å². The summed E-state index contributed by atoms with van der Waals surface area (Å²) in [6.07, 6.45) is 6.61. The Bertz CT molecular complexity index is 2600. The number of alkyl halides is 2. The summed E-state index contributed by atoms with van der Waals surface area (Å²) in [5.74, 6) is 6.37. The predicted octanol–water partition coefficient (Wildman–Crippen LogP) is 3.37. The Balaban J connectivity index is 0.769. The first-order chi connectivity index (χ1) is 30.1. The zero-order valence-corrected chi connectivity index (χ0v) is 34.6. The van der Waals surface area contributed by atoms with Crippen molar-refractivity contribution >= 4 is 45.9 Å². The van der Waals surface area contributed by atoms with Crippen LogP contribution in [-0.4, -0.2) is 127 Å². The summed E-state index contributed by atoms with van der Waals surface area (Å²) in [6.45, 7) is 7.83. The Morgan fingerprint density at radius 1 is 1.00 bits per heavy atom. The molecule has 4 fully saturated rings.